The molecule has 0 saturated heterocycles. The van der Waals surface area contributed by atoms with Gasteiger partial charge in [-0.15, -0.1) is 0 Å². The van der Waals surface area contributed by atoms with Gasteiger partial charge in [-0.1, -0.05) is 0 Å². The first-order chi connectivity index (χ1) is 13.4. The van der Waals surface area contributed by atoms with Crippen LogP contribution in [0.1, 0.15) is 29.1 Å². The van der Waals surface area contributed by atoms with Crippen LogP contribution < -0.4 is 14.8 Å². The first-order valence-electron chi connectivity index (χ1n) is 8.05. The van der Waals surface area contributed by atoms with Crippen LogP contribution in [0, 0.1) is 0 Å². The average Bonchev–Trinajstić information content (AvgIpc) is 2.64. The Morgan fingerprint density at radius 1 is 0.931 bits per heavy atom. The zero-order chi connectivity index (χ0) is 21.7. The number of nitrogens with zero attached hydrogens (tertiary/aromatic N) is 2. The van der Waals surface area contributed by atoms with Crippen molar-refractivity contribution in [3.05, 3.63) is 48.0 Å². The molecule has 0 aromatic carbocycles. The zero-order valence-corrected chi connectivity index (χ0v) is 14.8. The molecule has 2 aromatic heterocycles. The quantitative estimate of drug-likeness (QED) is 0.685. The maximum atomic E-state index is 12.2. The molecule has 6 nitrogen and oxygen atoms in total. The second kappa shape index (κ2) is 8.97. The minimum absolute atomic E-state index is 0.0682. The van der Waals surface area contributed by atoms with Gasteiger partial charge in [0.1, 0.15) is 17.2 Å². The van der Waals surface area contributed by atoms with Gasteiger partial charge >= 0.3 is 12.4 Å². The van der Waals surface area contributed by atoms with E-state index in [-0.39, 0.29) is 17.2 Å². The molecule has 0 aliphatic heterocycles. The number of alkyl halides is 6. The predicted molar refractivity (Wildman–Crippen MR) is 87.5 cm³/mol. The number of amides is 1. The lowest BCUT2D eigenvalue weighted by Crippen LogP contribution is -2.28. The van der Waals surface area contributed by atoms with Gasteiger partial charge < -0.3 is 14.8 Å². The van der Waals surface area contributed by atoms with Crippen molar-refractivity contribution < 1.29 is 40.6 Å². The van der Waals surface area contributed by atoms with Crippen LogP contribution in [0.2, 0.25) is 0 Å². The van der Waals surface area contributed by atoms with Crippen molar-refractivity contribution in [2.24, 2.45) is 0 Å². The first kappa shape index (κ1) is 22.2. The van der Waals surface area contributed by atoms with Gasteiger partial charge in [-0.05, 0) is 31.2 Å². The first-order valence-corrected chi connectivity index (χ1v) is 8.05. The maximum absolute atomic E-state index is 12.2. The summed E-state index contributed by atoms with van der Waals surface area (Å²) >= 11 is 0. The number of ether oxygens (including phenoxy) is 2. The molecule has 1 atom stereocenters. The molecular weight excluding hydrogens is 408 g/mol. The highest BCUT2D eigenvalue weighted by Gasteiger charge is 2.29. The van der Waals surface area contributed by atoms with E-state index in [1.54, 1.807) is 6.92 Å². The summed E-state index contributed by atoms with van der Waals surface area (Å²) < 4.78 is 81.7. The molecule has 0 saturated carbocycles. The van der Waals surface area contributed by atoms with Gasteiger partial charge in [0, 0.05) is 0 Å². The van der Waals surface area contributed by atoms with Crippen LogP contribution in [0.3, 0.4) is 0 Å². The predicted octanol–water partition coefficient (Wildman–Crippen LogP) is 3.85. The van der Waals surface area contributed by atoms with Crippen molar-refractivity contribution >= 4 is 5.91 Å². The van der Waals surface area contributed by atoms with E-state index in [1.165, 1.54) is 24.3 Å². The average molecular weight is 423 g/mol. The number of hydrogen-bond donors (Lipinski definition) is 1. The molecule has 0 radical (unpaired) electrons. The second-order valence-electron chi connectivity index (χ2n) is 5.80. The number of carbonyl (C=O) groups is 1. The highest BCUT2D eigenvalue weighted by atomic mass is 19.4. The molecule has 12 heteroatoms. The summed E-state index contributed by atoms with van der Waals surface area (Å²) in [6.45, 7) is -1.35. The van der Waals surface area contributed by atoms with Gasteiger partial charge in [-0.25, -0.2) is 4.98 Å². The second-order valence-corrected chi connectivity index (χ2v) is 5.80. The molecule has 0 aliphatic carbocycles. The summed E-state index contributed by atoms with van der Waals surface area (Å²) in [5, 5.41) is 2.56. The van der Waals surface area contributed by atoms with Gasteiger partial charge in [0.05, 0.1) is 24.1 Å². The van der Waals surface area contributed by atoms with Crippen molar-refractivity contribution in [3.63, 3.8) is 0 Å². The Balaban J connectivity index is 1.91. The van der Waals surface area contributed by atoms with Crippen molar-refractivity contribution in [1.82, 2.24) is 15.3 Å². The lowest BCUT2D eigenvalue weighted by molar-refractivity contribution is -0.154. The smallest absolute Gasteiger partial charge is 0.422 e. The summed E-state index contributed by atoms with van der Waals surface area (Å²) in [7, 11) is 0. The van der Waals surface area contributed by atoms with Gasteiger partial charge in [0.25, 0.3) is 5.91 Å². The molecule has 0 bridgehead atoms. The largest absolute Gasteiger partial charge is 0.483 e. The molecule has 2 rings (SSSR count). The Bertz CT molecular complexity index is 807. The molecular formula is C17H15F6N3O3. The molecule has 29 heavy (non-hydrogen) atoms. The minimum Gasteiger partial charge on any atom is -0.483 e. The van der Waals surface area contributed by atoms with Crippen LogP contribution in [0.25, 0.3) is 0 Å². The van der Waals surface area contributed by atoms with E-state index in [0.717, 1.165) is 12.4 Å². The van der Waals surface area contributed by atoms with Gasteiger partial charge in [-0.2, -0.15) is 26.3 Å². The molecule has 1 N–H and O–H groups in total. The molecule has 0 aliphatic rings. The van der Waals surface area contributed by atoms with E-state index < -0.39 is 37.5 Å². The van der Waals surface area contributed by atoms with Crippen LogP contribution in [0.15, 0.2) is 36.7 Å². The molecule has 2 heterocycles. The van der Waals surface area contributed by atoms with Crippen LogP contribution in [0.4, 0.5) is 26.3 Å². The fourth-order valence-corrected chi connectivity index (χ4v) is 2.01. The minimum atomic E-state index is -4.49. The number of aromatic nitrogens is 2. The number of carbonyl (C=O) groups excluding carboxylic acids is 1. The molecule has 0 spiro atoms. The standard InChI is InChI=1S/C17H15F6N3O3/c1-10(13-4-2-11(6-24-13)28-8-16(18,19)20)26-15(27)14-5-3-12(7-25-14)29-9-17(21,22)23/h2-7,10H,8-9H2,1H3,(H,26,27). The summed E-state index contributed by atoms with van der Waals surface area (Å²) in [6.07, 6.45) is -6.89. The normalized spacial score (nSPS) is 12.9. The fourth-order valence-electron chi connectivity index (χ4n) is 2.01. The summed E-state index contributed by atoms with van der Waals surface area (Å²) in [6, 6.07) is 4.40. The number of nitrogens with one attached hydrogen (secondary N) is 1. The van der Waals surface area contributed by atoms with E-state index in [4.69, 9.17) is 0 Å². The van der Waals surface area contributed by atoms with Gasteiger partial charge in [0.2, 0.25) is 0 Å². The monoisotopic (exact) mass is 423 g/mol. The highest BCUT2D eigenvalue weighted by molar-refractivity contribution is 5.92. The number of rotatable bonds is 7. The number of pyridine rings is 2. The van der Waals surface area contributed by atoms with Crippen molar-refractivity contribution in [1.29, 1.82) is 0 Å². The Hall–Kier alpha value is -3.05. The summed E-state index contributed by atoms with van der Waals surface area (Å²) in [4.78, 5) is 19.8. The Kier molecular flexibility index (Phi) is 6.88. The summed E-state index contributed by atoms with van der Waals surface area (Å²) in [5.74, 6) is -0.859. The lowest BCUT2D eigenvalue weighted by atomic mass is 10.2. The van der Waals surface area contributed by atoms with Crippen molar-refractivity contribution in [2.45, 2.75) is 25.3 Å². The number of hydrogen-bond acceptors (Lipinski definition) is 5. The Morgan fingerprint density at radius 2 is 1.45 bits per heavy atom. The van der Waals surface area contributed by atoms with Crippen LogP contribution in [0.5, 0.6) is 11.5 Å². The van der Waals surface area contributed by atoms with Crippen LogP contribution in [-0.2, 0) is 0 Å². The maximum Gasteiger partial charge on any atom is 0.422 e. The third kappa shape index (κ3) is 7.84. The molecule has 2 aromatic rings. The van der Waals surface area contributed by atoms with Crippen molar-refractivity contribution in [2.75, 3.05) is 13.2 Å². The third-order valence-corrected chi connectivity index (χ3v) is 3.32. The third-order valence-electron chi connectivity index (χ3n) is 3.32. The lowest BCUT2D eigenvalue weighted by Gasteiger charge is -2.14. The van der Waals surface area contributed by atoms with E-state index in [2.05, 4.69) is 24.8 Å². The Labute approximate surface area is 160 Å². The highest BCUT2D eigenvalue weighted by Crippen LogP contribution is 2.20. The van der Waals surface area contributed by atoms with E-state index in [0.29, 0.717) is 5.69 Å². The number of halogens is 6. The van der Waals surface area contributed by atoms with Crippen LogP contribution in [-0.4, -0.2) is 41.4 Å². The van der Waals surface area contributed by atoms with E-state index >= 15 is 0 Å². The Morgan fingerprint density at radius 3 is 1.86 bits per heavy atom. The zero-order valence-electron chi connectivity index (χ0n) is 14.8. The topological polar surface area (TPSA) is 73.3 Å². The molecule has 1 unspecified atom stereocenters. The molecule has 1 amide bonds. The SMILES string of the molecule is CC(NC(=O)c1ccc(OCC(F)(F)F)cn1)c1ccc(OCC(F)(F)F)cn1. The molecule has 0 fully saturated rings. The van der Waals surface area contributed by atoms with E-state index in [1.807, 2.05) is 0 Å². The molecule has 158 valence electrons. The van der Waals surface area contributed by atoms with Gasteiger partial charge in [0.15, 0.2) is 13.2 Å². The fraction of sp³-hybridized carbons (Fsp3) is 0.353. The van der Waals surface area contributed by atoms with Gasteiger partial charge in [-0.3, -0.25) is 9.78 Å². The van der Waals surface area contributed by atoms with Crippen molar-refractivity contribution in [3.8, 4) is 11.5 Å². The van der Waals surface area contributed by atoms with E-state index in [9.17, 15) is 31.1 Å². The van der Waals surface area contributed by atoms with Crippen LogP contribution >= 0.6 is 0 Å². The summed E-state index contributed by atoms with van der Waals surface area (Å²) in [5.41, 5.74) is 0.282.